The van der Waals surface area contributed by atoms with Crippen LogP contribution in [0.25, 0.3) is 0 Å². The number of phenols is 1. The van der Waals surface area contributed by atoms with E-state index in [2.05, 4.69) is 5.32 Å². The van der Waals surface area contributed by atoms with E-state index in [1.807, 2.05) is 0 Å². The number of anilines is 1. The van der Waals surface area contributed by atoms with Gasteiger partial charge in [-0.15, -0.1) is 0 Å². The van der Waals surface area contributed by atoms with Gasteiger partial charge in [-0.05, 0) is 32.0 Å². The second-order valence-corrected chi connectivity index (χ2v) is 4.70. The molecule has 6 nitrogen and oxygen atoms in total. The fourth-order valence-electron chi connectivity index (χ4n) is 1.18. The van der Waals surface area contributed by atoms with Crippen molar-refractivity contribution in [3.8, 4) is 5.75 Å². The van der Waals surface area contributed by atoms with Crippen molar-refractivity contribution in [1.82, 2.24) is 5.32 Å². The minimum Gasteiger partial charge on any atom is -0.506 e. The highest BCUT2D eigenvalue weighted by Gasteiger charge is 2.25. The van der Waals surface area contributed by atoms with Crippen molar-refractivity contribution in [3.63, 3.8) is 0 Å². The van der Waals surface area contributed by atoms with Gasteiger partial charge in [-0.25, -0.2) is 0 Å². The van der Waals surface area contributed by atoms with Crippen molar-refractivity contribution in [2.24, 2.45) is 11.1 Å². The van der Waals surface area contributed by atoms with Crippen LogP contribution in [-0.4, -0.2) is 23.5 Å². The standard InChI is InChI=1S/C12H17N3O3/c1-12(2,11(14)18)6-15-10(17)7-3-4-8(13)9(16)5-7/h3-5,16H,6,13H2,1-2H3,(H2,14,18)(H,15,17). The molecule has 0 aromatic heterocycles. The number of primary amides is 1. The van der Waals surface area contributed by atoms with E-state index in [9.17, 15) is 14.7 Å². The molecule has 1 rings (SSSR count). The number of amides is 2. The van der Waals surface area contributed by atoms with Gasteiger partial charge in [0.25, 0.3) is 5.91 Å². The number of aromatic hydroxyl groups is 1. The number of nitrogen functional groups attached to an aromatic ring is 1. The summed E-state index contributed by atoms with van der Waals surface area (Å²) in [5.41, 5.74) is 10.3. The van der Waals surface area contributed by atoms with Crippen molar-refractivity contribution in [1.29, 1.82) is 0 Å². The lowest BCUT2D eigenvalue weighted by atomic mass is 9.92. The maximum Gasteiger partial charge on any atom is 0.251 e. The Balaban J connectivity index is 2.72. The molecule has 18 heavy (non-hydrogen) atoms. The molecule has 1 aromatic rings. The maximum atomic E-state index is 11.8. The maximum absolute atomic E-state index is 11.8. The summed E-state index contributed by atoms with van der Waals surface area (Å²) in [6.45, 7) is 3.39. The fourth-order valence-corrected chi connectivity index (χ4v) is 1.18. The van der Waals surface area contributed by atoms with Gasteiger partial charge < -0.3 is 21.9 Å². The van der Waals surface area contributed by atoms with Gasteiger partial charge in [-0.2, -0.15) is 0 Å². The van der Waals surface area contributed by atoms with Gasteiger partial charge in [0.05, 0.1) is 11.1 Å². The molecule has 6 heteroatoms. The molecule has 2 amide bonds. The summed E-state index contributed by atoms with van der Waals surface area (Å²) in [5, 5.41) is 12.0. The Bertz CT molecular complexity index is 483. The Morgan fingerprint density at radius 3 is 2.50 bits per heavy atom. The highest BCUT2D eigenvalue weighted by Crippen LogP contribution is 2.20. The number of carbonyl (C=O) groups is 2. The van der Waals surface area contributed by atoms with Gasteiger partial charge in [0.15, 0.2) is 0 Å². The number of nitrogens with two attached hydrogens (primary N) is 2. The molecule has 1 aromatic carbocycles. The van der Waals surface area contributed by atoms with Crippen molar-refractivity contribution in [2.75, 3.05) is 12.3 Å². The van der Waals surface area contributed by atoms with E-state index in [4.69, 9.17) is 11.5 Å². The van der Waals surface area contributed by atoms with E-state index in [-0.39, 0.29) is 23.5 Å². The smallest absolute Gasteiger partial charge is 0.251 e. The molecule has 0 unspecified atom stereocenters. The van der Waals surface area contributed by atoms with Gasteiger partial charge in [0.2, 0.25) is 5.91 Å². The van der Waals surface area contributed by atoms with E-state index < -0.39 is 17.2 Å². The van der Waals surface area contributed by atoms with E-state index in [1.165, 1.54) is 18.2 Å². The lowest BCUT2D eigenvalue weighted by molar-refractivity contribution is -0.125. The van der Waals surface area contributed by atoms with Crippen LogP contribution in [0.15, 0.2) is 18.2 Å². The van der Waals surface area contributed by atoms with E-state index in [1.54, 1.807) is 13.8 Å². The number of carbonyl (C=O) groups excluding carboxylic acids is 2. The Hall–Kier alpha value is -2.24. The second-order valence-electron chi connectivity index (χ2n) is 4.70. The summed E-state index contributed by atoms with van der Waals surface area (Å²) in [6, 6.07) is 4.19. The second kappa shape index (κ2) is 4.95. The number of nitrogens with one attached hydrogen (secondary N) is 1. The molecular formula is C12H17N3O3. The lowest BCUT2D eigenvalue weighted by Crippen LogP contribution is -2.42. The van der Waals surface area contributed by atoms with Crippen molar-refractivity contribution >= 4 is 17.5 Å². The summed E-state index contributed by atoms with van der Waals surface area (Å²) >= 11 is 0. The highest BCUT2D eigenvalue weighted by atomic mass is 16.3. The average Bonchev–Trinajstić information content (AvgIpc) is 2.29. The zero-order chi connectivity index (χ0) is 13.9. The summed E-state index contributed by atoms with van der Waals surface area (Å²) in [6.07, 6.45) is 0. The molecule has 0 saturated carbocycles. The van der Waals surface area contributed by atoms with Crippen LogP contribution in [-0.2, 0) is 4.79 Å². The lowest BCUT2D eigenvalue weighted by Gasteiger charge is -2.20. The first-order chi connectivity index (χ1) is 8.24. The quantitative estimate of drug-likeness (QED) is 0.452. The number of rotatable bonds is 4. The minimum absolute atomic E-state index is 0.117. The van der Waals surface area contributed by atoms with E-state index >= 15 is 0 Å². The molecule has 0 spiro atoms. The molecule has 0 fully saturated rings. The van der Waals surface area contributed by atoms with E-state index in [0.29, 0.717) is 0 Å². The largest absolute Gasteiger partial charge is 0.506 e. The molecule has 0 aliphatic carbocycles. The van der Waals surface area contributed by atoms with Crippen molar-refractivity contribution in [2.45, 2.75) is 13.8 Å². The number of phenolic OH excluding ortho intramolecular Hbond substituents is 1. The minimum atomic E-state index is -0.828. The Kier molecular flexibility index (Phi) is 3.80. The third kappa shape index (κ3) is 3.13. The molecule has 0 atom stereocenters. The van der Waals surface area contributed by atoms with Crippen molar-refractivity contribution < 1.29 is 14.7 Å². The first-order valence-electron chi connectivity index (χ1n) is 5.40. The van der Waals surface area contributed by atoms with Gasteiger partial charge in [-0.3, -0.25) is 9.59 Å². The van der Waals surface area contributed by atoms with Crippen LogP contribution in [0.3, 0.4) is 0 Å². The van der Waals surface area contributed by atoms with Crippen LogP contribution in [0, 0.1) is 5.41 Å². The van der Waals surface area contributed by atoms with Crippen LogP contribution in [0.2, 0.25) is 0 Å². The predicted octanol–water partition coefficient (Wildman–Crippen LogP) is 0.216. The average molecular weight is 251 g/mol. The predicted molar refractivity (Wildman–Crippen MR) is 67.8 cm³/mol. The first kappa shape index (κ1) is 13.8. The molecule has 6 N–H and O–H groups in total. The number of benzene rings is 1. The number of hydrogen-bond acceptors (Lipinski definition) is 4. The SMILES string of the molecule is CC(C)(CNC(=O)c1ccc(N)c(O)c1)C(N)=O. The molecular weight excluding hydrogens is 234 g/mol. The third-order valence-electron chi connectivity index (χ3n) is 2.65. The van der Waals surface area contributed by atoms with Crippen LogP contribution < -0.4 is 16.8 Å². The molecule has 0 saturated heterocycles. The Morgan fingerprint density at radius 2 is 2.00 bits per heavy atom. The van der Waals surface area contributed by atoms with Crippen LogP contribution in [0.5, 0.6) is 5.75 Å². The highest BCUT2D eigenvalue weighted by molar-refractivity contribution is 5.95. The molecule has 0 aliphatic rings. The van der Waals surface area contributed by atoms with Crippen LogP contribution in [0.4, 0.5) is 5.69 Å². The molecule has 98 valence electrons. The molecule has 0 radical (unpaired) electrons. The third-order valence-corrected chi connectivity index (χ3v) is 2.65. The molecule has 0 aliphatic heterocycles. The zero-order valence-corrected chi connectivity index (χ0v) is 10.4. The summed E-state index contributed by atoms with van der Waals surface area (Å²) in [4.78, 5) is 22.8. The summed E-state index contributed by atoms with van der Waals surface area (Å²) in [7, 11) is 0. The monoisotopic (exact) mass is 251 g/mol. The first-order valence-corrected chi connectivity index (χ1v) is 5.40. The van der Waals surface area contributed by atoms with Gasteiger partial charge in [0.1, 0.15) is 5.75 Å². The van der Waals surface area contributed by atoms with E-state index in [0.717, 1.165) is 0 Å². The van der Waals surface area contributed by atoms with Gasteiger partial charge >= 0.3 is 0 Å². The molecule has 0 bridgehead atoms. The van der Waals surface area contributed by atoms with Gasteiger partial charge in [-0.1, -0.05) is 0 Å². The summed E-state index contributed by atoms with van der Waals surface area (Å²) in [5.74, 6) is -1.06. The normalized spacial score (nSPS) is 11.0. The Morgan fingerprint density at radius 1 is 1.39 bits per heavy atom. The fraction of sp³-hybridized carbons (Fsp3) is 0.333. The topological polar surface area (TPSA) is 118 Å². The van der Waals surface area contributed by atoms with Gasteiger partial charge in [0, 0.05) is 12.1 Å². The number of hydrogen-bond donors (Lipinski definition) is 4. The molecule has 0 heterocycles. The zero-order valence-electron chi connectivity index (χ0n) is 10.4. The van der Waals surface area contributed by atoms with Crippen molar-refractivity contribution in [3.05, 3.63) is 23.8 Å². The summed E-state index contributed by atoms with van der Waals surface area (Å²) < 4.78 is 0. The Labute approximate surface area is 105 Å². The van der Waals surface area contributed by atoms with Crippen LogP contribution in [0.1, 0.15) is 24.2 Å². The van der Waals surface area contributed by atoms with Crippen LogP contribution >= 0.6 is 0 Å².